The van der Waals surface area contributed by atoms with Gasteiger partial charge in [0, 0.05) is 17.3 Å². The molecule has 6 nitrogen and oxygen atoms in total. The van der Waals surface area contributed by atoms with Crippen LogP contribution in [0, 0.1) is 18.8 Å². The van der Waals surface area contributed by atoms with E-state index in [1.54, 1.807) is 12.1 Å². The van der Waals surface area contributed by atoms with Gasteiger partial charge in [0.25, 0.3) is 0 Å². The van der Waals surface area contributed by atoms with Crippen LogP contribution in [0.15, 0.2) is 36.4 Å². The minimum Gasteiger partial charge on any atom is -0.454 e. The molecule has 2 aromatic rings. The molecule has 2 unspecified atom stereocenters. The number of hydrogen-bond donors (Lipinski definition) is 2. The summed E-state index contributed by atoms with van der Waals surface area (Å²) >= 11 is 5.98. The first-order valence-electron chi connectivity index (χ1n) is 8.74. The van der Waals surface area contributed by atoms with Crippen molar-refractivity contribution in [3.63, 3.8) is 0 Å². The molecule has 1 saturated carbocycles. The highest BCUT2D eigenvalue weighted by Gasteiger charge is 2.48. The number of carbonyl (C=O) groups is 2. The van der Waals surface area contributed by atoms with Gasteiger partial charge in [0.2, 0.25) is 18.6 Å². The quantitative estimate of drug-likeness (QED) is 0.826. The van der Waals surface area contributed by atoms with Gasteiger partial charge in [0.15, 0.2) is 11.5 Å². The number of benzene rings is 2. The van der Waals surface area contributed by atoms with Crippen LogP contribution < -0.4 is 20.1 Å². The fraction of sp³-hybridized carbons (Fsp3) is 0.300. The van der Waals surface area contributed by atoms with Gasteiger partial charge in [-0.05, 0) is 48.7 Å². The van der Waals surface area contributed by atoms with Crippen LogP contribution in [0.1, 0.15) is 17.5 Å². The molecule has 1 aliphatic carbocycles. The van der Waals surface area contributed by atoms with Crippen LogP contribution in [0.3, 0.4) is 0 Å². The van der Waals surface area contributed by atoms with Gasteiger partial charge >= 0.3 is 0 Å². The van der Waals surface area contributed by atoms with Gasteiger partial charge in [-0.15, -0.1) is 0 Å². The van der Waals surface area contributed by atoms with Crippen molar-refractivity contribution < 1.29 is 19.1 Å². The number of fused-ring (bicyclic) bond motifs is 1. The Morgan fingerprint density at radius 3 is 2.70 bits per heavy atom. The second kappa shape index (κ2) is 7.12. The lowest BCUT2D eigenvalue weighted by Gasteiger charge is -2.09. The lowest BCUT2D eigenvalue weighted by Crippen LogP contribution is -2.27. The van der Waals surface area contributed by atoms with Gasteiger partial charge < -0.3 is 20.1 Å². The van der Waals surface area contributed by atoms with Gasteiger partial charge in [0.1, 0.15) is 0 Å². The molecule has 2 aromatic carbocycles. The van der Waals surface area contributed by atoms with E-state index in [1.165, 1.54) is 0 Å². The second-order valence-electron chi connectivity index (χ2n) is 6.80. The molecule has 2 amide bonds. The van der Waals surface area contributed by atoms with Gasteiger partial charge in [-0.2, -0.15) is 0 Å². The van der Waals surface area contributed by atoms with Crippen LogP contribution in [0.4, 0.5) is 5.69 Å². The summed E-state index contributed by atoms with van der Waals surface area (Å²) < 4.78 is 10.6. The van der Waals surface area contributed by atoms with Crippen molar-refractivity contribution in [1.82, 2.24) is 5.32 Å². The third-order valence-electron chi connectivity index (χ3n) is 4.83. The largest absolute Gasteiger partial charge is 0.454 e. The van der Waals surface area contributed by atoms with Crippen LogP contribution in [0.2, 0.25) is 5.02 Å². The van der Waals surface area contributed by atoms with Crippen molar-refractivity contribution in [2.75, 3.05) is 12.1 Å². The number of aryl methyl sites for hydroxylation is 1. The molecule has 2 N–H and O–H groups in total. The Bertz CT molecular complexity index is 915. The molecule has 7 heteroatoms. The predicted octanol–water partition coefficient (Wildman–Crippen LogP) is 3.27. The SMILES string of the molecule is Cc1ccc(Cl)cc1NC(=O)C1CC1C(=O)NCc1ccc2c(c1)OCO2. The molecular formula is C20H19ClN2O4. The Morgan fingerprint density at radius 2 is 1.85 bits per heavy atom. The van der Waals surface area contributed by atoms with E-state index in [0.29, 0.717) is 35.2 Å². The molecule has 27 heavy (non-hydrogen) atoms. The topological polar surface area (TPSA) is 76.7 Å². The van der Waals surface area contributed by atoms with Crippen molar-refractivity contribution in [3.8, 4) is 11.5 Å². The Kier molecular flexibility index (Phi) is 4.66. The third kappa shape index (κ3) is 3.85. The Balaban J connectivity index is 1.29. The van der Waals surface area contributed by atoms with Crippen molar-refractivity contribution in [2.45, 2.75) is 19.9 Å². The molecule has 2 aliphatic rings. The molecule has 0 saturated heterocycles. The number of halogens is 1. The Hall–Kier alpha value is -2.73. The molecule has 140 valence electrons. The third-order valence-corrected chi connectivity index (χ3v) is 5.06. The number of amides is 2. The molecule has 0 aromatic heterocycles. The maximum Gasteiger partial charge on any atom is 0.231 e. The molecule has 4 rings (SSSR count). The first-order chi connectivity index (χ1) is 13.0. The minimum atomic E-state index is -0.305. The summed E-state index contributed by atoms with van der Waals surface area (Å²) in [5.41, 5.74) is 2.53. The smallest absolute Gasteiger partial charge is 0.231 e. The summed E-state index contributed by atoms with van der Waals surface area (Å²) in [6.45, 7) is 2.50. The fourth-order valence-corrected chi connectivity index (χ4v) is 3.27. The lowest BCUT2D eigenvalue weighted by molar-refractivity contribution is -0.125. The van der Waals surface area contributed by atoms with E-state index in [2.05, 4.69) is 10.6 Å². The fourth-order valence-electron chi connectivity index (χ4n) is 3.10. The van der Waals surface area contributed by atoms with E-state index in [0.717, 1.165) is 11.1 Å². The number of ether oxygens (including phenoxy) is 2. The molecule has 0 bridgehead atoms. The molecule has 2 atom stereocenters. The average Bonchev–Trinajstić information content (AvgIpc) is 3.33. The van der Waals surface area contributed by atoms with Crippen LogP contribution >= 0.6 is 11.6 Å². The van der Waals surface area contributed by atoms with Crippen LogP contribution in [0.25, 0.3) is 0 Å². The van der Waals surface area contributed by atoms with Crippen LogP contribution in [-0.4, -0.2) is 18.6 Å². The molecule has 0 radical (unpaired) electrons. The van der Waals surface area contributed by atoms with E-state index in [-0.39, 0.29) is 30.4 Å². The van der Waals surface area contributed by atoms with Crippen molar-refractivity contribution in [1.29, 1.82) is 0 Å². The summed E-state index contributed by atoms with van der Waals surface area (Å²) in [4.78, 5) is 24.7. The Labute approximate surface area is 161 Å². The summed E-state index contributed by atoms with van der Waals surface area (Å²) in [7, 11) is 0. The first kappa shape index (κ1) is 17.7. The van der Waals surface area contributed by atoms with E-state index in [9.17, 15) is 9.59 Å². The van der Waals surface area contributed by atoms with E-state index < -0.39 is 0 Å². The lowest BCUT2D eigenvalue weighted by atomic mass is 10.2. The van der Waals surface area contributed by atoms with Crippen molar-refractivity contribution >= 4 is 29.1 Å². The van der Waals surface area contributed by atoms with Gasteiger partial charge in [0.05, 0.1) is 11.8 Å². The highest BCUT2D eigenvalue weighted by Crippen LogP contribution is 2.40. The second-order valence-corrected chi connectivity index (χ2v) is 7.24. The monoisotopic (exact) mass is 386 g/mol. The summed E-state index contributed by atoms with van der Waals surface area (Å²) in [5.74, 6) is 0.528. The molecule has 0 spiro atoms. The molecule has 1 fully saturated rings. The van der Waals surface area contributed by atoms with Crippen molar-refractivity contribution in [3.05, 3.63) is 52.5 Å². The summed E-state index contributed by atoms with van der Waals surface area (Å²) in [6, 6.07) is 10.9. The van der Waals surface area contributed by atoms with Crippen LogP contribution in [0.5, 0.6) is 11.5 Å². The normalized spacial score (nSPS) is 19.5. The van der Waals surface area contributed by atoms with Crippen molar-refractivity contribution in [2.24, 2.45) is 11.8 Å². The molecule has 1 heterocycles. The highest BCUT2D eigenvalue weighted by atomic mass is 35.5. The molecule has 1 aliphatic heterocycles. The van der Waals surface area contributed by atoms with Gasteiger partial charge in [-0.1, -0.05) is 23.7 Å². The Morgan fingerprint density at radius 1 is 1.07 bits per heavy atom. The molecular weight excluding hydrogens is 368 g/mol. The number of anilines is 1. The average molecular weight is 387 g/mol. The zero-order chi connectivity index (χ0) is 19.0. The van der Waals surface area contributed by atoms with E-state index >= 15 is 0 Å². The summed E-state index contributed by atoms with van der Waals surface area (Å²) in [6.07, 6.45) is 0.554. The van der Waals surface area contributed by atoms with Gasteiger partial charge in [-0.25, -0.2) is 0 Å². The maximum absolute atomic E-state index is 12.4. The number of nitrogens with one attached hydrogen (secondary N) is 2. The van der Waals surface area contributed by atoms with Gasteiger partial charge in [-0.3, -0.25) is 9.59 Å². The number of rotatable bonds is 5. The standard InChI is InChI=1S/C20H19ClN2O4/c1-11-2-4-13(21)7-16(11)23-20(25)15-8-14(15)19(24)22-9-12-3-5-17-18(6-12)27-10-26-17/h2-7,14-15H,8-10H2,1H3,(H,22,24)(H,23,25). The zero-order valence-corrected chi connectivity index (χ0v) is 15.5. The number of hydrogen-bond acceptors (Lipinski definition) is 4. The van der Waals surface area contributed by atoms with E-state index in [1.807, 2.05) is 31.2 Å². The zero-order valence-electron chi connectivity index (χ0n) is 14.8. The first-order valence-corrected chi connectivity index (χ1v) is 9.12. The van der Waals surface area contributed by atoms with E-state index in [4.69, 9.17) is 21.1 Å². The summed E-state index contributed by atoms with van der Waals surface area (Å²) in [5, 5.41) is 6.31. The predicted molar refractivity (Wildman–Crippen MR) is 101 cm³/mol. The maximum atomic E-state index is 12.4. The van der Waals surface area contributed by atoms with Crippen LogP contribution in [-0.2, 0) is 16.1 Å². The minimum absolute atomic E-state index is 0.115. The highest BCUT2D eigenvalue weighted by molar-refractivity contribution is 6.31. The number of carbonyl (C=O) groups excluding carboxylic acids is 2.